The molecule has 1 N–H and O–H groups in total. The fourth-order valence-corrected chi connectivity index (χ4v) is 3.75. The van der Waals surface area contributed by atoms with Crippen molar-refractivity contribution in [2.24, 2.45) is 0 Å². The molecule has 0 aromatic heterocycles. The van der Waals surface area contributed by atoms with E-state index in [-0.39, 0.29) is 0 Å². The van der Waals surface area contributed by atoms with Gasteiger partial charge in [0.05, 0.1) is 0 Å². The van der Waals surface area contributed by atoms with Gasteiger partial charge in [0, 0.05) is 12.1 Å². The highest BCUT2D eigenvalue weighted by atomic mass is 16.4. The average Bonchev–Trinajstić information content (AvgIpc) is 2.72. The topological polar surface area (TPSA) is 40.5 Å². The Balaban J connectivity index is 2.02. The van der Waals surface area contributed by atoms with Crippen molar-refractivity contribution in [1.82, 2.24) is 4.90 Å². The second-order valence-corrected chi connectivity index (χ2v) is 4.71. The van der Waals surface area contributed by atoms with Crippen molar-refractivity contribution in [3.8, 4) is 0 Å². The molecular formula is C10H15NO2. The Labute approximate surface area is 77.7 Å². The molecule has 0 bridgehead atoms. The zero-order valence-corrected chi connectivity index (χ0v) is 7.70. The van der Waals surface area contributed by atoms with Crippen LogP contribution in [0.1, 0.15) is 38.5 Å². The molecule has 3 heteroatoms. The van der Waals surface area contributed by atoms with E-state index in [0.29, 0.717) is 12.1 Å². The second kappa shape index (κ2) is 2.27. The van der Waals surface area contributed by atoms with Gasteiger partial charge in [0.15, 0.2) is 0 Å². The van der Waals surface area contributed by atoms with Gasteiger partial charge in [-0.25, -0.2) is 0 Å². The van der Waals surface area contributed by atoms with Crippen molar-refractivity contribution in [2.75, 3.05) is 0 Å². The number of aliphatic carboxylic acids is 1. The standard InChI is InChI=1S/C10H15NO2/c12-9(13)10-5-3-7-1-2-8(4-6-10)11(7)10/h7-8H,1-6H2,(H,12,13). The van der Waals surface area contributed by atoms with Crippen molar-refractivity contribution in [3.05, 3.63) is 0 Å². The zero-order valence-electron chi connectivity index (χ0n) is 7.70. The number of carbonyl (C=O) groups is 1. The van der Waals surface area contributed by atoms with Crippen molar-refractivity contribution in [1.29, 1.82) is 0 Å². The fourth-order valence-electron chi connectivity index (χ4n) is 3.75. The van der Waals surface area contributed by atoms with Gasteiger partial charge in [0.2, 0.25) is 0 Å². The lowest BCUT2D eigenvalue weighted by molar-refractivity contribution is -0.148. The lowest BCUT2D eigenvalue weighted by Gasteiger charge is -2.30. The Morgan fingerprint density at radius 1 is 1.15 bits per heavy atom. The molecule has 3 heterocycles. The van der Waals surface area contributed by atoms with E-state index in [2.05, 4.69) is 4.90 Å². The maximum atomic E-state index is 11.3. The minimum atomic E-state index is -0.570. The van der Waals surface area contributed by atoms with Crippen molar-refractivity contribution in [3.63, 3.8) is 0 Å². The van der Waals surface area contributed by atoms with E-state index in [1.165, 1.54) is 12.8 Å². The monoisotopic (exact) mass is 181 g/mol. The second-order valence-electron chi connectivity index (χ2n) is 4.71. The molecule has 3 rings (SSSR count). The lowest BCUT2D eigenvalue weighted by Crippen LogP contribution is -2.48. The third-order valence-electron chi connectivity index (χ3n) is 4.29. The molecule has 3 aliphatic heterocycles. The molecule has 0 radical (unpaired) electrons. The first-order valence-electron chi connectivity index (χ1n) is 5.26. The third-order valence-corrected chi connectivity index (χ3v) is 4.29. The minimum absolute atomic E-state index is 0.439. The van der Waals surface area contributed by atoms with Gasteiger partial charge in [-0.1, -0.05) is 0 Å². The minimum Gasteiger partial charge on any atom is -0.480 e. The lowest BCUT2D eigenvalue weighted by atomic mass is 9.94. The number of rotatable bonds is 1. The maximum absolute atomic E-state index is 11.3. The predicted molar refractivity (Wildman–Crippen MR) is 47.5 cm³/mol. The molecule has 0 saturated carbocycles. The summed E-state index contributed by atoms with van der Waals surface area (Å²) in [7, 11) is 0. The molecule has 0 aromatic rings. The smallest absolute Gasteiger partial charge is 0.324 e. The number of hydrogen-bond acceptors (Lipinski definition) is 2. The van der Waals surface area contributed by atoms with Gasteiger partial charge in [0.1, 0.15) is 5.54 Å². The summed E-state index contributed by atoms with van der Waals surface area (Å²) in [6, 6.07) is 1.20. The van der Waals surface area contributed by atoms with E-state index < -0.39 is 11.5 Å². The summed E-state index contributed by atoms with van der Waals surface area (Å²) >= 11 is 0. The highest BCUT2D eigenvalue weighted by Crippen LogP contribution is 2.51. The first-order chi connectivity index (χ1) is 6.24. The van der Waals surface area contributed by atoms with Crippen LogP contribution in [-0.4, -0.2) is 33.6 Å². The number of carboxylic acids is 1. The van der Waals surface area contributed by atoms with Crippen LogP contribution < -0.4 is 0 Å². The highest BCUT2D eigenvalue weighted by Gasteiger charge is 2.60. The molecule has 0 aromatic carbocycles. The molecule has 0 spiro atoms. The van der Waals surface area contributed by atoms with Crippen LogP contribution >= 0.6 is 0 Å². The Kier molecular flexibility index (Phi) is 1.36. The van der Waals surface area contributed by atoms with Crippen molar-refractivity contribution in [2.45, 2.75) is 56.1 Å². The van der Waals surface area contributed by atoms with Crippen LogP contribution in [0, 0.1) is 0 Å². The molecule has 3 aliphatic rings. The van der Waals surface area contributed by atoms with E-state index >= 15 is 0 Å². The molecule has 2 unspecified atom stereocenters. The van der Waals surface area contributed by atoms with E-state index in [1.54, 1.807) is 0 Å². The SMILES string of the molecule is O=C(O)C12CCC3CCC(CC1)N32. The molecule has 3 nitrogen and oxygen atoms in total. The Morgan fingerprint density at radius 2 is 1.69 bits per heavy atom. The summed E-state index contributed by atoms with van der Waals surface area (Å²) in [5.74, 6) is -0.570. The highest BCUT2D eigenvalue weighted by molar-refractivity contribution is 5.80. The number of carboxylic acid groups (broad SMARTS) is 1. The molecule has 3 saturated heterocycles. The summed E-state index contributed by atoms with van der Waals surface area (Å²) in [6.45, 7) is 0. The summed E-state index contributed by atoms with van der Waals surface area (Å²) in [5.41, 5.74) is -0.439. The van der Waals surface area contributed by atoms with Crippen LogP contribution in [0.3, 0.4) is 0 Å². The van der Waals surface area contributed by atoms with E-state index in [4.69, 9.17) is 0 Å². The predicted octanol–water partition coefficient (Wildman–Crippen LogP) is 1.23. The summed E-state index contributed by atoms with van der Waals surface area (Å²) < 4.78 is 0. The van der Waals surface area contributed by atoms with E-state index in [9.17, 15) is 9.90 Å². The van der Waals surface area contributed by atoms with Gasteiger partial charge in [-0.15, -0.1) is 0 Å². The van der Waals surface area contributed by atoms with Gasteiger partial charge in [-0.2, -0.15) is 0 Å². The largest absolute Gasteiger partial charge is 0.480 e. The van der Waals surface area contributed by atoms with E-state index in [1.807, 2.05) is 0 Å². The molecule has 72 valence electrons. The molecular weight excluding hydrogens is 166 g/mol. The van der Waals surface area contributed by atoms with Crippen molar-refractivity contribution < 1.29 is 9.90 Å². The quantitative estimate of drug-likeness (QED) is 0.661. The Hall–Kier alpha value is -0.570. The Bertz CT molecular complexity index is 248. The normalized spacial score (nSPS) is 48.3. The summed E-state index contributed by atoms with van der Waals surface area (Å²) in [6.07, 6.45) is 6.48. The molecule has 0 amide bonds. The third kappa shape index (κ3) is 0.766. The Morgan fingerprint density at radius 3 is 2.15 bits per heavy atom. The van der Waals surface area contributed by atoms with Gasteiger partial charge in [-0.05, 0) is 38.5 Å². The molecule has 13 heavy (non-hydrogen) atoms. The van der Waals surface area contributed by atoms with Gasteiger partial charge >= 0.3 is 5.97 Å². The maximum Gasteiger partial charge on any atom is 0.324 e. The fraction of sp³-hybridized carbons (Fsp3) is 0.900. The van der Waals surface area contributed by atoms with Crippen LogP contribution in [0.4, 0.5) is 0 Å². The van der Waals surface area contributed by atoms with Crippen LogP contribution in [0.15, 0.2) is 0 Å². The van der Waals surface area contributed by atoms with Gasteiger partial charge in [-0.3, -0.25) is 9.69 Å². The number of nitrogens with zero attached hydrogens (tertiary/aromatic N) is 1. The average molecular weight is 181 g/mol. The van der Waals surface area contributed by atoms with Crippen LogP contribution in [-0.2, 0) is 4.79 Å². The van der Waals surface area contributed by atoms with Gasteiger partial charge in [0.25, 0.3) is 0 Å². The number of hydrogen-bond donors (Lipinski definition) is 1. The first-order valence-corrected chi connectivity index (χ1v) is 5.26. The molecule has 3 fully saturated rings. The first kappa shape index (κ1) is 7.80. The van der Waals surface area contributed by atoms with Crippen LogP contribution in [0.5, 0.6) is 0 Å². The van der Waals surface area contributed by atoms with Crippen LogP contribution in [0.25, 0.3) is 0 Å². The molecule has 2 atom stereocenters. The van der Waals surface area contributed by atoms with Crippen molar-refractivity contribution >= 4 is 5.97 Å². The van der Waals surface area contributed by atoms with Gasteiger partial charge < -0.3 is 5.11 Å². The van der Waals surface area contributed by atoms with E-state index in [0.717, 1.165) is 25.7 Å². The summed E-state index contributed by atoms with van der Waals surface area (Å²) in [5, 5.41) is 9.30. The van der Waals surface area contributed by atoms with Crippen LogP contribution in [0.2, 0.25) is 0 Å². The molecule has 0 aliphatic carbocycles. The zero-order chi connectivity index (χ0) is 9.05. The summed E-state index contributed by atoms with van der Waals surface area (Å²) in [4.78, 5) is 13.6.